The first-order valence-electron chi connectivity index (χ1n) is 7.74. The molecule has 24 heavy (non-hydrogen) atoms. The molecule has 0 aliphatic heterocycles. The van der Waals surface area contributed by atoms with E-state index in [4.69, 9.17) is 0 Å². The minimum absolute atomic E-state index is 0.170. The Kier molecular flexibility index (Phi) is 4.34. The summed E-state index contributed by atoms with van der Waals surface area (Å²) >= 11 is 0. The van der Waals surface area contributed by atoms with E-state index in [1.807, 2.05) is 24.8 Å². The molecule has 0 N–H and O–H groups in total. The molecule has 0 aliphatic carbocycles. The van der Waals surface area contributed by atoms with Crippen molar-refractivity contribution in [3.8, 4) is 17.3 Å². The van der Waals surface area contributed by atoms with Crippen LogP contribution in [0.25, 0.3) is 22.3 Å². The molecular formula is C18H16FN5. The van der Waals surface area contributed by atoms with Crippen LogP contribution in [0, 0.1) is 17.1 Å². The van der Waals surface area contributed by atoms with Crippen molar-refractivity contribution >= 4 is 16.7 Å². The van der Waals surface area contributed by atoms with Gasteiger partial charge in [0, 0.05) is 37.1 Å². The number of nitrogens with zero attached hydrogens (tertiary/aromatic N) is 5. The maximum absolute atomic E-state index is 14.4. The lowest BCUT2D eigenvalue weighted by molar-refractivity contribution is 0.621. The number of anilines is 1. The first kappa shape index (κ1) is 15.8. The van der Waals surface area contributed by atoms with Gasteiger partial charge >= 0.3 is 0 Å². The highest BCUT2D eigenvalue weighted by atomic mass is 19.1. The molecule has 0 bridgehead atoms. The monoisotopic (exact) mass is 321 g/mol. The van der Waals surface area contributed by atoms with Crippen molar-refractivity contribution in [3.63, 3.8) is 0 Å². The van der Waals surface area contributed by atoms with Crippen LogP contribution < -0.4 is 4.90 Å². The van der Waals surface area contributed by atoms with Crippen molar-refractivity contribution in [2.45, 2.75) is 13.8 Å². The Labute approximate surface area is 139 Å². The number of hydrogen-bond acceptors (Lipinski definition) is 5. The topological polar surface area (TPSA) is 65.7 Å². The summed E-state index contributed by atoms with van der Waals surface area (Å²) in [4.78, 5) is 14.7. The molecule has 1 aromatic carbocycles. The molecule has 2 aromatic heterocycles. The normalized spacial score (nSPS) is 10.6. The Morgan fingerprint density at radius 3 is 2.38 bits per heavy atom. The summed E-state index contributed by atoms with van der Waals surface area (Å²) in [6.07, 6.45) is 3.27. The fraction of sp³-hybridized carbons (Fsp3) is 0.222. The SMILES string of the molecule is CCN(CC)c1cc2nc(-c3ccncc3)c(C#N)nc2cc1F. The van der Waals surface area contributed by atoms with Gasteiger partial charge in [0.25, 0.3) is 0 Å². The van der Waals surface area contributed by atoms with Crippen LogP contribution in [0.5, 0.6) is 0 Å². The van der Waals surface area contributed by atoms with Gasteiger partial charge in [-0.15, -0.1) is 0 Å². The molecule has 3 rings (SSSR count). The molecule has 2 heterocycles. The first-order chi connectivity index (χ1) is 11.7. The summed E-state index contributed by atoms with van der Waals surface area (Å²) in [5.74, 6) is -0.360. The van der Waals surface area contributed by atoms with Crippen molar-refractivity contribution in [3.05, 3.63) is 48.2 Å². The molecule has 0 spiro atoms. The Morgan fingerprint density at radius 1 is 1.08 bits per heavy atom. The lowest BCUT2D eigenvalue weighted by Crippen LogP contribution is -2.23. The van der Waals surface area contributed by atoms with Crippen LogP contribution in [0.2, 0.25) is 0 Å². The van der Waals surface area contributed by atoms with Gasteiger partial charge < -0.3 is 4.90 Å². The molecule has 120 valence electrons. The van der Waals surface area contributed by atoms with Crippen molar-refractivity contribution in [2.24, 2.45) is 0 Å². The Hall–Kier alpha value is -3.07. The van der Waals surface area contributed by atoms with E-state index in [1.54, 1.807) is 30.6 Å². The Morgan fingerprint density at radius 2 is 1.75 bits per heavy atom. The van der Waals surface area contributed by atoms with Crippen molar-refractivity contribution in [1.82, 2.24) is 15.0 Å². The number of pyridine rings is 1. The second-order valence-electron chi connectivity index (χ2n) is 5.23. The number of rotatable bonds is 4. The van der Waals surface area contributed by atoms with Gasteiger partial charge in [0.05, 0.1) is 16.7 Å². The summed E-state index contributed by atoms with van der Waals surface area (Å²) in [6, 6.07) is 8.61. The highest BCUT2D eigenvalue weighted by Crippen LogP contribution is 2.27. The lowest BCUT2D eigenvalue weighted by Gasteiger charge is -2.21. The zero-order valence-electron chi connectivity index (χ0n) is 13.5. The van der Waals surface area contributed by atoms with Crippen LogP contribution in [0.1, 0.15) is 19.5 Å². The number of halogens is 1. The van der Waals surface area contributed by atoms with Gasteiger partial charge in [0.2, 0.25) is 0 Å². The van der Waals surface area contributed by atoms with E-state index in [2.05, 4.69) is 15.0 Å². The predicted molar refractivity (Wildman–Crippen MR) is 91.0 cm³/mol. The fourth-order valence-electron chi connectivity index (χ4n) is 2.66. The van der Waals surface area contributed by atoms with E-state index < -0.39 is 0 Å². The average Bonchev–Trinajstić information content (AvgIpc) is 2.63. The summed E-state index contributed by atoms with van der Waals surface area (Å²) in [5, 5.41) is 9.36. The van der Waals surface area contributed by atoms with Crippen molar-refractivity contribution in [1.29, 1.82) is 5.26 Å². The largest absolute Gasteiger partial charge is 0.370 e. The average molecular weight is 321 g/mol. The Balaban J connectivity index is 2.24. The van der Waals surface area contributed by atoms with Crippen LogP contribution in [0.4, 0.5) is 10.1 Å². The predicted octanol–water partition coefficient (Wildman–Crippen LogP) is 3.55. The molecule has 0 radical (unpaired) electrons. The van der Waals surface area contributed by atoms with E-state index in [0.717, 1.165) is 5.56 Å². The van der Waals surface area contributed by atoms with Gasteiger partial charge in [-0.1, -0.05) is 0 Å². The first-order valence-corrected chi connectivity index (χ1v) is 7.74. The van der Waals surface area contributed by atoms with Gasteiger partial charge in [-0.3, -0.25) is 4.98 Å². The third-order valence-electron chi connectivity index (χ3n) is 3.90. The summed E-state index contributed by atoms with van der Waals surface area (Å²) in [7, 11) is 0. The number of benzene rings is 1. The molecule has 5 nitrogen and oxygen atoms in total. The van der Waals surface area contributed by atoms with E-state index in [1.165, 1.54) is 6.07 Å². The van der Waals surface area contributed by atoms with Crippen LogP contribution in [-0.2, 0) is 0 Å². The highest BCUT2D eigenvalue weighted by molar-refractivity contribution is 5.83. The molecule has 0 atom stereocenters. The van der Waals surface area contributed by atoms with Gasteiger partial charge in [0.1, 0.15) is 17.6 Å². The summed E-state index contributed by atoms with van der Waals surface area (Å²) in [5.41, 5.74) is 2.83. The molecular weight excluding hydrogens is 305 g/mol. The van der Waals surface area contributed by atoms with E-state index >= 15 is 0 Å². The second-order valence-corrected chi connectivity index (χ2v) is 5.23. The third-order valence-corrected chi connectivity index (χ3v) is 3.90. The zero-order valence-corrected chi connectivity index (χ0v) is 13.5. The van der Waals surface area contributed by atoms with Gasteiger partial charge in [-0.2, -0.15) is 5.26 Å². The van der Waals surface area contributed by atoms with Gasteiger partial charge in [-0.25, -0.2) is 14.4 Å². The smallest absolute Gasteiger partial charge is 0.167 e. The molecule has 0 aliphatic rings. The molecule has 0 fully saturated rings. The van der Waals surface area contributed by atoms with Gasteiger partial charge in [-0.05, 0) is 32.0 Å². The maximum Gasteiger partial charge on any atom is 0.167 e. The number of nitriles is 1. The van der Waals surface area contributed by atoms with E-state index in [-0.39, 0.29) is 11.5 Å². The van der Waals surface area contributed by atoms with Gasteiger partial charge in [0.15, 0.2) is 5.69 Å². The molecule has 6 heteroatoms. The van der Waals surface area contributed by atoms with Crippen LogP contribution in [-0.4, -0.2) is 28.0 Å². The van der Waals surface area contributed by atoms with Crippen molar-refractivity contribution < 1.29 is 4.39 Å². The quantitative estimate of drug-likeness (QED) is 0.735. The highest BCUT2D eigenvalue weighted by Gasteiger charge is 2.15. The number of aromatic nitrogens is 3. The molecule has 3 aromatic rings. The van der Waals surface area contributed by atoms with E-state index in [9.17, 15) is 9.65 Å². The summed E-state index contributed by atoms with van der Waals surface area (Å²) < 4.78 is 14.4. The molecule has 0 unspecified atom stereocenters. The number of hydrogen-bond donors (Lipinski definition) is 0. The lowest BCUT2D eigenvalue weighted by atomic mass is 10.1. The molecule has 0 saturated carbocycles. The van der Waals surface area contributed by atoms with Crippen LogP contribution >= 0.6 is 0 Å². The number of fused-ring (bicyclic) bond motifs is 1. The molecule has 0 saturated heterocycles. The Bertz CT molecular complexity index is 914. The zero-order chi connectivity index (χ0) is 17.1. The van der Waals surface area contributed by atoms with Crippen molar-refractivity contribution in [2.75, 3.05) is 18.0 Å². The fourth-order valence-corrected chi connectivity index (χ4v) is 2.66. The van der Waals surface area contributed by atoms with Crippen LogP contribution in [0.15, 0.2) is 36.7 Å². The third kappa shape index (κ3) is 2.76. The maximum atomic E-state index is 14.4. The summed E-state index contributed by atoms with van der Waals surface area (Å²) in [6.45, 7) is 5.33. The standard InChI is InChI=1S/C18H16FN5/c1-3-24(4-2)17-10-15-14(9-13(17)19)22-16(11-20)18(23-15)12-5-7-21-8-6-12/h5-10H,3-4H2,1-2H3. The minimum Gasteiger partial charge on any atom is -0.370 e. The van der Waals surface area contributed by atoms with Crippen LogP contribution in [0.3, 0.4) is 0 Å². The minimum atomic E-state index is -0.360. The molecule has 0 amide bonds. The second kappa shape index (κ2) is 6.59. The van der Waals surface area contributed by atoms with E-state index in [0.29, 0.717) is 35.5 Å².